The monoisotopic (exact) mass is 384 g/mol. The van der Waals surface area contributed by atoms with Crippen LogP contribution in [0.3, 0.4) is 0 Å². The third-order valence-electron chi connectivity index (χ3n) is 5.53. The standard InChI is InChI=1S/C19H20N4O3S/c1-2-15(25-13-3-5-24-10-13)16-17(14(1)18-20-4-6-27-18)26-19(22-16)23-8-11-7-12(9-23)21-11/h1-2,4,6,11-13,21H,3,5,7-10H2. The van der Waals surface area contributed by atoms with E-state index in [1.54, 1.807) is 11.3 Å². The molecule has 3 atom stereocenters. The van der Waals surface area contributed by atoms with Crippen molar-refractivity contribution in [3.8, 4) is 16.3 Å². The van der Waals surface area contributed by atoms with Crippen LogP contribution in [-0.4, -0.2) is 54.5 Å². The van der Waals surface area contributed by atoms with E-state index in [1.807, 2.05) is 23.7 Å². The molecule has 7 nitrogen and oxygen atoms in total. The summed E-state index contributed by atoms with van der Waals surface area (Å²) in [6.07, 6.45) is 4.04. The Balaban J connectivity index is 1.43. The minimum absolute atomic E-state index is 0.0749. The van der Waals surface area contributed by atoms with E-state index in [-0.39, 0.29) is 6.10 Å². The molecule has 0 spiro atoms. The maximum Gasteiger partial charge on any atom is 0.298 e. The number of rotatable bonds is 4. The predicted molar refractivity (Wildman–Crippen MR) is 103 cm³/mol. The topological polar surface area (TPSA) is 72.7 Å². The van der Waals surface area contributed by atoms with Crippen molar-refractivity contribution >= 4 is 28.5 Å². The van der Waals surface area contributed by atoms with Gasteiger partial charge in [-0.3, -0.25) is 0 Å². The minimum Gasteiger partial charge on any atom is -0.486 e. The Kier molecular flexibility index (Phi) is 3.63. The van der Waals surface area contributed by atoms with Gasteiger partial charge in [0.05, 0.1) is 18.8 Å². The molecule has 1 N–H and O–H groups in total. The van der Waals surface area contributed by atoms with Crippen LogP contribution in [0.5, 0.6) is 5.75 Å². The van der Waals surface area contributed by atoms with Gasteiger partial charge in [0.2, 0.25) is 0 Å². The van der Waals surface area contributed by atoms with Gasteiger partial charge < -0.3 is 24.1 Å². The number of thiazole rings is 1. The lowest BCUT2D eigenvalue weighted by Gasteiger charge is -2.47. The molecular weight excluding hydrogens is 364 g/mol. The zero-order valence-corrected chi connectivity index (χ0v) is 15.6. The Labute approximate surface area is 160 Å². The van der Waals surface area contributed by atoms with E-state index < -0.39 is 0 Å². The number of ether oxygens (including phenoxy) is 2. The van der Waals surface area contributed by atoms with Gasteiger partial charge in [0.25, 0.3) is 6.01 Å². The molecule has 4 aliphatic rings. The van der Waals surface area contributed by atoms with E-state index in [0.29, 0.717) is 24.7 Å². The Bertz CT molecular complexity index is 951. The van der Waals surface area contributed by atoms with Gasteiger partial charge in [0, 0.05) is 43.2 Å². The van der Waals surface area contributed by atoms with Gasteiger partial charge >= 0.3 is 0 Å². The summed E-state index contributed by atoms with van der Waals surface area (Å²) in [5.41, 5.74) is 2.49. The normalized spacial score (nSPS) is 27.1. The maximum absolute atomic E-state index is 6.28. The van der Waals surface area contributed by atoms with Crippen LogP contribution < -0.4 is 15.0 Å². The van der Waals surface area contributed by atoms with E-state index in [4.69, 9.17) is 18.9 Å². The predicted octanol–water partition coefficient (Wildman–Crippen LogP) is 2.67. The highest BCUT2D eigenvalue weighted by atomic mass is 32.1. The molecule has 140 valence electrons. The van der Waals surface area contributed by atoms with Crippen LogP contribution in [0, 0.1) is 0 Å². The highest BCUT2D eigenvalue weighted by Crippen LogP contribution is 2.39. The molecule has 6 heterocycles. The van der Waals surface area contributed by atoms with Crippen LogP contribution >= 0.6 is 11.3 Å². The van der Waals surface area contributed by atoms with Crippen LogP contribution in [0.15, 0.2) is 28.1 Å². The lowest BCUT2D eigenvalue weighted by molar-refractivity contribution is 0.142. The van der Waals surface area contributed by atoms with Crippen molar-refractivity contribution in [3.05, 3.63) is 23.7 Å². The van der Waals surface area contributed by atoms with Gasteiger partial charge in [0.1, 0.15) is 16.9 Å². The zero-order valence-electron chi connectivity index (χ0n) is 14.8. The lowest BCUT2D eigenvalue weighted by atomic mass is 9.92. The molecule has 0 saturated carbocycles. The van der Waals surface area contributed by atoms with Crippen LogP contribution in [0.4, 0.5) is 6.01 Å². The first-order chi connectivity index (χ1) is 13.3. The van der Waals surface area contributed by atoms with Crippen molar-refractivity contribution in [1.82, 2.24) is 15.3 Å². The SMILES string of the molecule is c1csc(-c2ccc(OC3CCOC3)c3nc(N4CC5CC(C4)N5)oc23)n1. The molecule has 4 fully saturated rings. The highest BCUT2D eigenvalue weighted by Gasteiger charge is 2.38. The Morgan fingerprint density at radius 2 is 2.15 bits per heavy atom. The zero-order chi connectivity index (χ0) is 17.8. The molecule has 8 heteroatoms. The van der Waals surface area contributed by atoms with Crippen molar-refractivity contribution in [2.24, 2.45) is 0 Å². The summed E-state index contributed by atoms with van der Waals surface area (Å²) in [6, 6.07) is 5.78. The lowest BCUT2D eigenvalue weighted by Crippen LogP contribution is -2.67. The molecule has 3 unspecified atom stereocenters. The summed E-state index contributed by atoms with van der Waals surface area (Å²) in [4.78, 5) is 11.5. The van der Waals surface area contributed by atoms with E-state index >= 15 is 0 Å². The van der Waals surface area contributed by atoms with Gasteiger partial charge in [-0.05, 0) is 18.6 Å². The Morgan fingerprint density at radius 1 is 1.26 bits per heavy atom. The molecule has 1 aromatic carbocycles. The fraction of sp³-hybridized carbons (Fsp3) is 0.474. The van der Waals surface area contributed by atoms with E-state index in [1.165, 1.54) is 6.42 Å². The molecule has 2 bridgehead atoms. The summed E-state index contributed by atoms with van der Waals surface area (Å²) in [5.74, 6) is 0.760. The van der Waals surface area contributed by atoms with Crippen LogP contribution in [0.2, 0.25) is 0 Å². The summed E-state index contributed by atoms with van der Waals surface area (Å²) in [5, 5.41) is 6.45. The first-order valence-electron chi connectivity index (χ1n) is 9.42. The quantitative estimate of drug-likeness (QED) is 0.741. The third-order valence-corrected chi connectivity index (χ3v) is 6.34. The Hall–Kier alpha value is -2.16. The van der Waals surface area contributed by atoms with Crippen LogP contribution in [0.1, 0.15) is 12.8 Å². The molecule has 7 rings (SSSR count). The molecule has 2 aromatic heterocycles. The average Bonchev–Trinajstić information content (AvgIpc) is 3.43. The number of hydrogen-bond acceptors (Lipinski definition) is 8. The molecule has 4 saturated heterocycles. The number of aromatic nitrogens is 2. The summed E-state index contributed by atoms with van der Waals surface area (Å²) in [7, 11) is 0. The third kappa shape index (κ3) is 2.70. The number of benzene rings is 1. The van der Waals surface area contributed by atoms with E-state index in [2.05, 4.69) is 15.2 Å². The van der Waals surface area contributed by atoms with Crippen molar-refractivity contribution in [2.45, 2.75) is 31.0 Å². The van der Waals surface area contributed by atoms with Crippen molar-refractivity contribution in [2.75, 3.05) is 31.2 Å². The average molecular weight is 384 g/mol. The van der Waals surface area contributed by atoms with E-state index in [0.717, 1.165) is 53.5 Å². The molecular formula is C19H20N4O3S. The minimum atomic E-state index is 0.0749. The van der Waals surface area contributed by atoms with Crippen molar-refractivity contribution in [1.29, 1.82) is 0 Å². The van der Waals surface area contributed by atoms with Gasteiger partial charge in [-0.1, -0.05) is 0 Å². The molecule has 27 heavy (non-hydrogen) atoms. The Morgan fingerprint density at radius 3 is 2.89 bits per heavy atom. The fourth-order valence-corrected chi connectivity index (χ4v) is 4.84. The molecule has 4 aliphatic heterocycles. The van der Waals surface area contributed by atoms with E-state index in [9.17, 15) is 0 Å². The summed E-state index contributed by atoms with van der Waals surface area (Å²) < 4.78 is 17.9. The largest absolute Gasteiger partial charge is 0.486 e. The van der Waals surface area contributed by atoms with Gasteiger partial charge in [0.15, 0.2) is 11.1 Å². The number of nitrogens with one attached hydrogen (secondary N) is 1. The smallest absolute Gasteiger partial charge is 0.298 e. The maximum atomic E-state index is 6.28. The first-order valence-corrected chi connectivity index (χ1v) is 10.3. The number of piperidine rings is 1. The number of hydrogen-bond donors (Lipinski definition) is 1. The number of fused-ring (bicyclic) bond motifs is 3. The van der Waals surface area contributed by atoms with Crippen molar-refractivity contribution in [3.63, 3.8) is 0 Å². The number of piperazine rings is 1. The molecule has 3 aromatic rings. The van der Waals surface area contributed by atoms with Crippen molar-refractivity contribution < 1.29 is 13.9 Å². The fourth-order valence-electron chi connectivity index (χ4n) is 4.18. The van der Waals surface area contributed by atoms with Gasteiger partial charge in [-0.2, -0.15) is 4.98 Å². The summed E-state index contributed by atoms with van der Waals surface area (Å²) >= 11 is 1.60. The number of oxazole rings is 1. The molecule has 0 radical (unpaired) electrons. The summed E-state index contributed by atoms with van der Waals surface area (Å²) in [6.45, 7) is 3.24. The first kappa shape index (κ1) is 15.9. The number of anilines is 1. The van der Waals surface area contributed by atoms with Crippen LogP contribution in [0.25, 0.3) is 21.7 Å². The molecule has 0 aliphatic carbocycles. The van der Waals surface area contributed by atoms with Gasteiger partial charge in [-0.15, -0.1) is 11.3 Å². The number of nitrogens with zero attached hydrogens (tertiary/aromatic N) is 3. The second kappa shape index (κ2) is 6.19. The molecule has 0 amide bonds. The highest BCUT2D eigenvalue weighted by molar-refractivity contribution is 7.13. The van der Waals surface area contributed by atoms with Gasteiger partial charge in [-0.25, -0.2) is 4.98 Å². The van der Waals surface area contributed by atoms with Crippen LogP contribution in [-0.2, 0) is 4.74 Å². The second-order valence-corrected chi connectivity index (χ2v) is 8.32. The second-order valence-electron chi connectivity index (χ2n) is 7.43.